The van der Waals surface area contributed by atoms with Crippen LogP contribution in [0, 0.1) is 6.92 Å². The molecule has 0 saturated carbocycles. The number of hydrogen-bond acceptors (Lipinski definition) is 2. The smallest absolute Gasteiger partial charge is 0.254 e. The van der Waals surface area contributed by atoms with E-state index >= 15 is 0 Å². The maximum atomic E-state index is 12.4. The number of aryl methyl sites for hydroxylation is 1. The Morgan fingerprint density at radius 2 is 1.86 bits per heavy atom. The molecule has 1 heterocycles. The van der Waals surface area contributed by atoms with Crippen LogP contribution in [0.4, 0.5) is 0 Å². The molecule has 4 heteroatoms. The standard InChI is InChI=1S/C18H18ClNO2/c1-13-4-2-3-5-17(13)18(21)20-10-16(11-20)22-12-14-6-8-15(19)9-7-14/h2-9,16H,10-12H2,1H3. The van der Waals surface area contributed by atoms with Crippen molar-refractivity contribution in [3.63, 3.8) is 0 Å². The minimum absolute atomic E-state index is 0.0874. The number of likely N-dealkylation sites (tertiary alicyclic amines) is 1. The zero-order valence-corrected chi connectivity index (χ0v) is 13.2. The molecule has 0 spiro atoms. The highest BCUT2D eigenvalue weighted by Gasteiger charge is 2.32. The zero-order chi connectivity index (χ0) is 15.5. The van der Waals surface area contributed by atoms with Gasteiger partial charge in [0.2, 0.25) is 0 Å². The first-order valence-electron chi connectivity index (χ1n) is 7.34. The van der Waals surface area contributed by atoms with Crippen LogP contribution in [0.5, 0.6) is 0 Å². The van der Waals surface area contributed by atoms with Gasteiger partial charge < -0.3 is 9.64 Å². The molecule has 0 unspecified atom stereocenters. The lowest BCUT2D eigenvalue weighted by atomic mass is 10.0. The van der Waals surface area contributed by atoms with Crippen molar-refractivity contribution in [2.75, 3.05) is 13.1 Å². The van der Waals surface area contributed by atoms with Crippen LogP contribution in [0.2, 0.25) is 5.02 Å². The third-order valence-corrected chi connectivity index (χ3v) is 4.16. The molecule has 0 atom stereocenters. The molecule has 3 nitrogen and oxygen atoms in total. The molecule has 0 aromatic heterocycles. The molecule has 0 aliphatic carbocycles. The molecule has 22 heavy (non-hydrogen) atoms. The summed E-state index contributed by atoms with van der Waals surface area (Å²) >= 11 is 5.85. The summed E-state index contributed by atoms with van der Waals surface area (Å²) in [5, 5.41) is 0.724. The van der Waals surface area contributed by atoms with Gasteiger partial charge in [-0.2, -0.15) is 0 Å². The van der Waals surface area contributed by atoms with Crippen LogP contribution < -0.4 is 0 Å². The molecule has 2 aromatic rings. The van der Waals surface area contributed by atoms with Gasteiger partial charge in [0.25, 0.3) is 5.91 Å². The molecule has 1 saturated heterocycles. The third-order valence-electron chi connectivity index (χ3n) is 3.91. The Balaban J connectivity index is 1.49. The molecule has 0 N–H and O–H groups in total. The van der Waals surface area contributed by atoms with Crippen LogP contribution in [0.25, 0.3) is 0 Å². The van der Waals surface area contributed by atoms with E-state index in [-0.39, 0.29) is 12.0 Å². The van der Waals surface area contributed by atoms with E-state index in [4.69, 9.17) is 16.3 Å². The van der Waals surface area contributed by atoms with Crippen LogP contribution in [-0.4, -0.2) is 30.0 Å². The minimum atomic E-state index is 0.0874. The summed E-state index contributed by atoms with van der Waals surface area (Å²) < 4.78 is 5.81. The number of hydrogen-bond donors (Lipinski definition) is 0. The lowest BCUT2D eigenvalue weighted by Gasteiger charge is -2.39. The zero-order valence-electron chi connectivity index (χ0n) is 12.5. The summed E-state index contributed by atoms with van der Waals surface area (Å²) in [5.74, 6) is 0.0874. The number of carbonyl (C=O) groups excluding carboxylic acids is 1. The summed E-state index contributed by atoms with van der Waals surface area (Å²) in [7, 11) is 0. The fourth-order valence-corrected chi connectivity index (χ4v) is 2.61. The van der Waals surface area contributed by atoms with Crippen molar-refractivity contribution in [3.05, 3.63) is 70.2 Å². The summed E-state index contributed by atoms with van der Waals surface area (Å²) in [6.45, 7) is 3.82. The van der Waals surface area contributed by atoms with Crippen LogP contribution in [0.15, 0.2) is 48.5 Å². The van der Waals surface area contributed by atoms with E-state index in [1.807, 2.05) is 60.4 Å². The third kappa shape index (κ3) is 3.32. The van der Waals surface area contributed by atoms with Gasteiger partial charge in [0.1, 0.15) is 0 Å². The molecule has 0 radical (unpaired) electrons. The Hall–Kier alpha value is -1.84. The van der Waals surface area contributed by atoms with Crippen LogP contribution in [-0.2, 0) is 11.3 Å². The molecule has 114 valence electrons. The van der Waals surface area contributed by atoms with E-state index in [0.29, 0.717) is 19.7 Å². The minimum Gasteiger partial charge on any atom is -0.370 e. The van der Waals surface area contributed by atoms with Gasteiger partial charge in [-0.05, 0) is 36.2 Å². The van der Waals surface area contributed by atoms with Crippen molar-refractivity contribution in [2.45, 2.75) is 19.6 Å². The molecule has 1 fully saturated rings. The van der Waals surface area contributed by atoms with Gasteiger partial charge in [0.15, 0.2) is 0 Å². The second kappa shape index (κ2) is 6.51. The fraction of sp³-hybridized carbons (Fsp3) is 0.278. The Morgan fingerprint density at radius 3 is 2.55 bits per heavy atom. The van der Waals surface area contributed by atoms with Crippen molar-refractivity contribution in [1.82, 2.24) is 4.90 Å². The lowest BCUT2D eigenvalue weighted by molar-refractivity contribution is -0.0503. The molecular formula is C18H18ClNO2. The molecule has 0 bridgehead atoms. The summed E-state index contributed by atoms with van der Waals surface area (Å²) in [6.07, 6.45) is 0.114. The number of nitrogens with zero attached hydrogens (tertiary/aromatic N) is 1. The quantitative estimate of drug-likeness (QED) is 0.861. The van der Waals surface area contributed by atoms with Gasteiger partial charge in [0, 0.05) is 23.7 Å². The van der Waals surface area contributed by atoms with E-state index in [1.54, 1.807) is 0 Å². The lowest BCUT2D eigenvalue weighted by Crippen LogP contribution is -2.54. The maximum Gasteiger partial charge on any atom is 0.254 e. The Labute approximate surface area is 135 Å². The Morgan fingerprint density at radius 1 is 1.18 bits per heavy atom. The predicted molar refractivity (Wildman–Crippen MR) is 87.1 cm³/mol. The van der Waals surface area contributed by atoms with Gasteiger partial charge in [-0.25, -0.2) is 0 Å². The largest absolute Gasteiger partial charge is 0.370 e. The van der Waals surface area contributed by atoms with Crippen LogP contribution in [0.3, 0.4) is 0 Å². The highest BCUT2D eigenvalue weighted by molar-refractivity contribution is 6.30. The van der Waals surface area contributed by atoms with Gasteiger partial charge in [-0.15, -0.1) is 0 Å². The second-order valence-corrected chi connectivity index (χ2v) is 6.02. The van der Waals surface area contributed by atoms with Gasteiger partial charge in [-0.1, -0.05) is 41.9 Å². The number of amides is 1. The maximum absolute atomic E-state index is 12.4. The van der Waals surface area contributed by atoms with Crippen molar-refractivity contribution in [3.8, 4) is 0 Å². The summed E-state index contributed by atoms with van der Waals surface area (Å²) in [6, 6.07) is 15.3. The first kappa shape index (κ1) is 15.1. The van der Waals surface area contributed by atoms with E-state index in [0.717, 1.165) is 21.7 Å². The highest BCUT2D eigenvalue weighted by Crippen LogP contribution is 2.19. The average Bonchev–Trinajstić information content (AvgIpc) is 2.47. The number of rotatable bonds is 4. The van der Waals surface area contributed by atoms with Crippen LogP contribution in [0.1, 0.15) is 21.5 Å². The second-order valence-electron chi connectivity index (χ2n) is 5.58. The van der Waals surface area contributed by atoms with Gasteiger partial charge in [0.05, 0.1) is 12.7 Å². The molecule has 1 aliphatic heterocycles. The normalized spacial score (nSPS) is 14.7. The van der Waals surface area contributed by atoms with E-state index in [1.165, 1.54) is 0 Å². The molecular weight excluding hydrogens is 298 g/mol. The number of halogens is 1. The summed E-state index contributed by atoms with van der Waals surface area (Å²) in [5.41, 5.74) is 2.88. The first-order chi connectivity index (χ1) is 10.6. The van der Waals surface area contributed by atoms with Gasteiger partial charge >= 0.3 is 0 Å². The van der Waals surface area contributed by atoms with Crippen molar-refractivity contribution < 1.29 is 9.53 Å². The average molecular weight is 316 g/mol. The van der Waals surface area contributed by atoms with Gasteiger partial charge in [-0.3, -0.25) is 4.79 Å². The molecule has 1 aliphatic rings. The van der Waals surface area contributed by atoms with Crippen molar-refractivity contribution >= 4 is 17.5 Å². The number of benzene rings is 2. The van der Waals surface area contributed by atoms with E-state index in [2.05, 4.69) is 0 Å². The number of ether oxygens (including phenoxy) is 1. The number of carbonyl (C=O) groups is 1. The van der Waals surface area contributed by atoms with Crippen molar-refractivity contribution in [1.29, 1.82) is 0 Å². The SMILES string of the molecule is Cc1ccccc1C(=O)N1CC(OCc2ccc(Cl)cc2)C1. The Kier molecular flexibility index (Phi) is 4.46. The molecule has 2 aromatic carbocycles. The first-order valence-corrected chi connectivity index (χ1v) is 7.72. The molecule has 3 rings (SSSR count). The van der Waals surface area contributed by atoms with Crippen LogP contribution >= 0.6 is 11.6 Å². The Bertz CT molecular complexity index is 663. The predicted octanol–water partition coefficient (Wildman–Crippen LogP) is 3.69. The van der Waals surface area contributed by atoms with E-state index < -0.39 is 0 Å². The van der Waals surface area contributed by atoms with E-state index in [9.17, 15) is 4.79 Å². The monoisotopic (exact) mass is 315 g/mol. The summed E-state index contributed by atoms with van der Waals surface area (Å²) in [4.78, 5) is 14.2. The fourth-order valence-electron chi connectivity index (χ4n) is 2.49. The highest BCUT2D eigenvalue weighted by atomic mass is 35.5. The molecule has 1 amide bonds. The topological polar surface area (TPSA) is 29.5 Å². The van der Waals surface area contributed by atoms with Crippen molar-refractivity contribution in [2.24, 2.45) is 0 Å².